The van der Waals surface area contributed by atoms with E-state index in [9.17, 15) is 0 Å². The summed E-state index contributed by atoms with van der Waals surface area (Å²) in [4.78, 5) is 10.1. The Morgan fingerprint density at radius 1 is 1.41 bits per heavy atom. The van der Waals surface area contributed by atoms with Gasteiger partial charge in [-0.3, -0.25) is 0 Å². The molecular formula is C12H14IN3O. The topological polar surface area (TPSA) is 41.2 Å². The largest absolute Gasteiger partial charge is 0.378 e. The number of nitrogens with one attached hydrogen (secondary N) is 1. The number of fused-ring (bicyclic) bond motifs is 1. The molecular weight excluding hydrogens is 329 g/mol. The number of aryl methyl sites for hydroxylation is 1. The highest BCUT2D eigenvalue weighted by molar-refractivity contribution is 14.1. The van der Waals surface area contributed by atoms with Crippen LogP contribution in [-0.4, -0.2) is 36.3 Å². The maximum atomic E-state index is 5.40. The third-order valence-electron chi connectivity index (χ3n) is 3.14. The van der Waals surface area contributed by atoms with Crippen LogP contribution in [0.3, 0.4) is 0 Å². The molecule has 0 bridgehead atoms. The number of aromatic amines is 1. The quantitative estimate of drug-likeness (QED) is 0.808. The third-order valence-corrected chi connectivity index (χ3v) is 4.48. The Bertz CT molecular complexity index is 546. The van der Waals surface area contributed by atoms with Crippen LogP contribution in [0.2, 0.25) is 0 Å². The summed E-state index contributed by atoms with van der Waals surface area (Å²) >= 11 is 2.39. The summed E-state index contributed by atoms with van der Waals surface area (Å²) in [5.41, 5.74) is 3.44. The molecule has 17 heavy (non-hydrogen) atoms. The van der Waals surface area contributed by atoms with Gasteiger partial charge in [0.25, 0.3) is 0 Å². The highest BCUT2D eigenvalue weighted by atomic mass is 127. The first-order chi connectivity index (χ1) is 8.27. The summed E-state index contributed by atoms with van der Waals surface area (Å²) in [5, 5.41) is 1.24. The van der Waals surface area contributed by atoms with Crippen LogP contribution in [0.5, 0.6) is 0 Å². The summed E-state index contributed by atoms with van der Waals surface area (Å²) in [6.45, 7) is 5.62. The van der Waals surface area contributed by atoms with Crippen LogP contribution in [0, 0.1) is 10.5 Å². The number of morpholine rings is 1. The first-order valence-corrected chi connectivity index (χ1v) is 6.80. The third kappa shape index (κ3) is 1.91. The number of H-pyrrole nitrogens is 1. The number of rotatable bonds is 1. The molecule has 3 rings (SSSR count). The second-order valence-corrected chi connectivity index (χ2v) is 5.30. The van der Waals surface area contributed by atoms with Crippen molar-refractivity contribution in [3.8, 4) is 0 Å². The van der Waals surface area contributed by atoms with Crippen molar-refractivity contribution in [3.63, 3.8) is 0 Å². The van der Waals surface area contributed by atoms with Crippen LogP contribution in [-0.2, 0) is 4.74 Å². The molecule has 0 atom stereocenters. The van der Waals surface area contributed by atoms with E-state index in [0.717, 1.165) is 32.0 Å². The van der Waals surface area contributed by atoms with Gasteiger partial charge in [-0.25, -0.2) is 4.98 Å². The van der Waals surface area contributed by atoms with E-state index in [-0.39, 0.29) is 0 Å². The number of ether oxygens (including phenoxy) is 1. The predicted molar refractivity (Wildman–Crippen MR) is 76.6 cm³/mol. The SMILES string of the molecule is Cc1[nH]c2nccc(N3CCOCC3)c2c1I. The Morgan fingerprint density at radius 2 is 2.18 bits per heavy atom. The lowest BCUT2D eigenvalue weighted by Crippen LogP contribution is -2.36. The molecule has 1 saturated heterocycles. The standard InChI is InChI=1S/C12H14IN3O/c1-8-11(13)10-9(2-3-14-12(10)15-8)16-4-6-17-7-5-16/h2-3H,4-7H2,1H3,(H,14,15). The molecule has 0 unspecified atom stereocenters. The van der Waals surface area contributed by atoms with Gasteiger partial charge >= 0.3 is 0 Å². The molecule has 0 saturated carbocycles. The van der Waals surface area contributed by atoms with Crippen molar-refractivity contribution in [2.24, 2.45) is 0 Å². The van der Waals surface area contributed by atoms with Gasteiger partial charge in [-0.05, 0) is 35.6 Å². The maximum absolute atomic E-state index is 5.40. The minimum absolute atomic E-state index is 0.809. The highest BCUT2D eigenvalue weighted by Crippen LogP contribution is 2.31. The van der Waals surface area contributed by atoms with Crippen molar-refractivity contribution in [1.82, 2.24) is 9.97 Å². The van der Waals surface area contributed by atoms with Crippen LogP contribution in [0.25, 0.3) is 11.0 Å². The smallest absolute Gasteiger partial charge is 0.140 e. The molecule has 1 aliphatic heterocycles. The first kappa shape index (κ1) is 11.3. The van der Waals surface area contributed by atoms with Crippen molar-refractivity contribution in [2.45, 2.75) is 6.92 Å². The summed E-state index contributed by atoms with van der Waals surface area (Å²) in [6.07, 6.45) is 1.87. The molecule has 0 radical (unpaired) electrons. The summed E-state index contributed by atoms with van der Waals surface area (Å²) in [6, 6.07) is 2.10. The molecule has 4 nitrogen and oxygen atoms in total. The summed E-state index contributed by atoms with van der Waals surface area (Å²) in [5.74, 6) is 0. The normalized spacial score (nSPS) is 16.7. The minimum Gasteiger partial charge on any atom is -0.378 e. The van der Waals surface area contributed by atoms with E-state index in [1.165, 1.54) is 20.3 Å². The fraction of sp³-hybridized carbons (Fsp3) is 0.417. The number of pyridine rings is 1. The van der Waals surface area contributed by atoms with Crippen LogP contribution >= 0.6 is 22.6 Å². The van der Waals surface area contributed by atoms with E-state index in [0.29, 0.717) is 0 Å². The lowest BCUT2D eigenvalue weighted by molar-refractivity contribution is 0.123. The Hall–Kier alpha value is -0.820. The number of halogens is 1. The maximum Gasteiger partial charge on any atom is 0.140 e. The highest BCUT2D eigenvalue weighted by Gasteiger charge is 2.17. The van der Waals surface area contributed by atoms with E-state index in [2.05, 4.69) is 50.4 Å². The molecule has 3 heterocycles. The Kier molecular flexibility index (Phi) is 2.96. The van der Waals surface area contributed by atoms with Gasteiger partial charge in [0.1, 0.15) is 5.65 Å². The average molecular weight is 343 g/mol. The zero-order valence-corrected chi connectivity index (χ0v) is 11.8. The number of hydrogen-bond acceptors (Lipinski definition) is 3. The lowest BCUT2D eigenvalue weighted by atomic mass is 10.2. The minimum atomic E-state index is 0.809. The van der Waals surface area contributed by atoms with Crippen LogP contribution in [0.1, 0.15) is 5.69 Å². The second-order valence-electron chi connectivity index (χ2n) is 4.22. The van der Waals surface area contributed by atoms with E-state index in [4.69, 9.17) is 4.74 Å². The van der Waals surface area contributed by atoms with Crippen molar-refractivity contribution in [1.29, 1.82) is 0 Å². The molecule has 1 fully saturated rings. The van der Waals surface area contributed by atoms with E-state index in [1.807, 2.05) is 6.20 Å². The molecule has 0 aromatic carbocycles. The van der Waals surface area contributed by atoms with Gasteiger partial charge in [-0.2, -0.15) is 0 Å². The molecule has 90 valence electrons. The van der Waals surface area contributed by atoms with E-state index >= 15 is 0 Å². The van der Waals surface area contributed by atoms with Crippen molar-refractivity contribution < 1.29 is 4.74 Å². The Morgan fingerprint density at radius 3 is 2.94 bits per heavy atom. The second kappa shape index (κ2) is 4.45. The summed E-state index contributed by atoms with van der Waals surface area (Å²) < 4.78 is 6.67. The van der Waals surface area contributed by atoms with Crippen LogP contribution < -0.4 is 4.90 Å². The predicted octanol–water partition coefficient (Wildman–Crippen LogP) is 2.31. The van der Waals surface area contributed by atoms with Crippen LogP contribution in [0.15, 0.2) is 12.3 Å². The summed E-state index contributed by atoms with van der Waals surface area (Å²) in [7, 11) is 0. The molecule has 0 spiro atoms. The zero-order valence-electron chi connectivity index (χ0n) is 9.66. The molecule has 1 aliphatic rings. The van der Waals surface area contributed by atoms with Crippen molar-refractivity contribution >= 4 is 39.3 Å². The van der Waals surface area contributed by atoms with E-state index in [1.54, 1.807) is 0 Å². The van der Waals surface area contributed by atoms with Gasteiger partial charge in [-0.15, -0.1) is 0 Å². The van der Waals surface area contributed by atoms with Gasteiger partial charge in [0.15, 0.2) is 0 Å². The van der Waals surface area contributed by atoms with Gasteiger partial charge in [-0.1, -0.05) is 0 Å². The van der Waals surface area contributed by atoms with Gasteiger partial charge in [0.2, 0.25) is 0 Å². The van der Waals surface area contributed by atoms with E-state index < -0.39 is 0 Å². The number of anilines is 1. The van der Waals surface area contributed by atoms with Crippen LogP contribution in [0.4, 0.5) is 5.69 Å². The van der Waals surface area contributed by atoms with Crippen molar-refractivity contribution in [2.75, 3.05) is 31.2 Å². The molecule has 2 aromatic rings. The molecule has 5 heteroatoms. The Labute approximate surface area is 113 Å². The molecule has 0 amide bonds. The Balaban J connectivity index is 2.14. The lowest BCUT2D eigenvalue weighted by Gasteiger charge is -2.29. The van der Waals surface area contributed by atoms with Gasteiger partial charge in [0, 0.05) is 28.6 Å². The first-order valence-electron chi connectivity index (χ1n) is 5.73. The molecule has 2 aromatic heterocycles. The molecule has 1 N–H and O–H groups in total. The fourth-order valence-electron chi connectivity index (χ4n) is 2.25. The zero-order chi connectivity index (χ0) is 11.8. The van der Waals surface area contributed by atoms with Crippen molar-refractivity contribution in [3.05, 3.63) is 21.5 Å². The number of nitrogens with zero attached hydrogens (tertiary/aromatic N) is 2. The molecule has 0 aliphatic carbocycles. The fourth-order valence-corrected chi connectivity index (χ4v) is 2.92. The van der Waals surface area contributed by atoms with Gasteiger partial charge in [0.05, 0.1) is 24.3 Å². The number of aromatic nitrogens is 2. The number of hydrogen-bond donors (Lipinski definition) is 1. The van der Waals surface area contributed by atoms with Gasteiger partial charge < -0.3 is 14.6 Å². The monoisotopic (exact) mass is 343 g/mol. The average Bonchev–Trinajstić information content (AvgIpc) is 2.66.